The van der Waals surface area contributed by atoms with Gasteiger partial charge in [-0.2, -0.15) is 0 Å². The number of benzene rings is 2. The Bertz CT molecular complexity index is 923. The van der Waals surface area contributed by atoms with E-state index in [4.69, 9.17) is 9.47 Å². The molecule has 198 valence electrons. The van der Waals surface area contributed by atoms with Crippen LogP contribution in [-0.4, -0.2) is 34.4 Å². The first kappa shape index (κ1) is 29.5. The summed E-state index contributed by atoms with van der Waals surface area (Å²) in [5.41, 5.74) is -0.990. The van der Waals surface area contributed by atoms with Crippen LogP contribution in [0.2, 0.25) is 0 Å². The summed E-state index contributed by atoms with van der Waals surface area (Å²) >= 11 is 0. The average Bonchev–Trinajstić information content (AvgIpc) is 2.82. The fourth-order valence-electron chi connectivity index (χ4n) is 3.93. The second-order valence-corrected chi connectivity index (χ2v) is 11.0. The Morgan fingerprint density at radius 3 is 1.72 bits per heavy atom. The normalized spacial score (nSPS) is 13.6. The summed E-state index contributed by atoms with van der Waals surface area (Å²) in [7, 11) is 0. The van der Waals surface area contributed by atoms with Crippen LogP contribution in [0.15, 0.2) is 60.7 Å². The molecule has 0 spiro atoms. The first-order valence-electron chi connectivity index (χ1n) is 12.9. The maximum absolute atomic E-state index is 12.5. The number of carbonyl (C=O) groups excluding carboxylic acids is 2. The lowest BCUT2D eigenvalue weighted by Crippen LogP contribution is -2.30. The lowest BCUT2D eigenvalue weighted by Gasteiger charge is -2.25. The first-order valence-corrected chi connectivity index (χ1v) is 12.9. The fraction of sp³-hybridized carbons (Fsp3) is 0.533. The third kappa shape index (κ3) is 11.4. The number of aliphatic hydroxyl groups excluding tert-OH is 2. The van der Waals surface area contributed by atoms with E-state index in [1.54, 1.807) is 24.3 Å². The van der Waals surface area contributed by atoms with Crippen molar-refractivity contribution in [3.05, 3.63) is 60.7 Å². The molecule has 36 heavy (non-hydrogen) atoms. The van der Waals surface area contributed by atoms with Gasteiger partial charge >= 0.3 is 11.9 Å². The minimum atomic E-state index is -0.705. The van der Waals surface area contributed by atoms with Crippen molar-refractivity contribution in [1.29, 1.82) is 0 Å². The molecule has 0 amide bonds. The van der Waals surface area contributed by atoms with Crippen molar-refractivity contribution in [2.24, 2.45) is 10.8 Å². The highest BCUT2D eigenvalue weighted by atomic mass is 16.5. The van der Waals surface area contributed by atoms with E-state index in [1.807, 2.05) is 64.1 Å². The van der Waals surface area contributed by atoms with Crippen molar-refractivity contribution >= 4 is 11.9 Å². The SMILES string of the molecule is CC(C)(CCC(O)CCCC(O)CCC(C)(C)C(=O)Oc1ccccc1)CC(=O)Oc1ccccc1. The standard InChI is InChI=1S/C30H42O6/c1-29(2,22-27(33)35-25-14-7-5-8-15-25)20-18-23(31)12-11-13-24(32)19-21-30(3,4)28(34)36-26-16-9-6-10-17-26/h5-10,14-17,23-24,31-32H,11-13,18-22H2,1-4H3. The van der Waals surface area contributed by atoms with Crippen molar-refractivity contribution in [2.45, 2.75) is 91.3 Å². The predicted molar refractivity (Wildman–Crippen MR) is 141 cm³/mol. The number of hydrogen-bond acceptors (Lipinski definition) is 6. The van der Waals surface area contributed by atoms with Gasteiger partial charge in [-0.15, -0.1) is 0 Å². The van der Waals surface area contributed by atoms with Gasteiger partial charge in [-0.05, 0) is 88.5 Å². The summed E-state index contributed by atoms with van der Waals surface area (Å²) in [6, 6.07) is 18.0. The smallest absolute Gasteiger partial charge is 0.316 e. The highest BCUT2D eigenvalue weighted by Gasteiger charge is 2.30. The van der Waals surface area contributed by atoms with E-state index in [0.29, 0.717) is 56.4 Å². The molecular weight excluding hydrogens is 456 g/mol. The van der Waals surface area contributed by atoms with Crippen LogP contribution in [0.25, 0.3) is 0 Å². The van der Waals surface area contributed by atoms with Gasteiger partial charge < -0.3 is 19.7 Å². The van der Waals surface area contributed by atoms with Crippen LogP contribution in [-0.2, 0) is 9.59 Å². The van der Waals surface area contributed by atoms with Gasteiger partial charge in [-0.25, -0.2) is 0 Å². The summed E-state index contributed by atoms with van der Waals surface area (Å²) in [6.45, 7) is 7.65. The number of carbonyl (C=O) groups is 2. The van der Waals surface area contributed by atoms with Crippen LogP contribution in [0.5, 0.6) is 11.5 Å². The van der Waals surface area contributed by atoms with Gasteiger partial charge in [-0.1, -0.05) is 50.2 Å². The highest BCUT2D eigenvalue weighted by Crippen LogP contribution is 2.30. The van der Waals surface area contributed by atoms with E-state index in [9.17, 15) is 19.8 Å². The van der Waals surface area contributed by atoms with Gasteiger partial charge in [0.1, 0.15) is 11.5 Å². The molecule has 0 saturated carbocycles. The van der Waals surface area contributed by atoms with Crippen LogP contribution in [0.4, 0.5) is 0 Å². The predicted octanol–water partition coefficient (Wildman–Crippen LogP) is 6.09. The molecule has 6 heteroatoms. The molecule has 2 unspecified atom stereocenters. The van der Waals surface area contributed by atoms with E-state index in [-0.39, 0.29) is 23.8 Å². The molecule has 0 aliphatic carbocycles. The Morgan fingerprint density at radius 1 is 0.722 bits per heavy atom. The molecule has 0 saturated heterocycles. The largest absolute Gasteiger partial charge is 0.427 e. The Morgan fingerprint density at radius 2 is 1.19 bits per heavy atom. The zero-order valence-corrected chi connectivity index (χ0v) is 22.1. The summed E-state index contributed by atoms with van der Waals surface area (Å²) < 4.78 is 10.8. The van der Waals surface area contributed by atoms with Gasteiger partial charge in [0.25, 0.3) is 0 Å². The second kappa shape index (κ2) is 14.1. The monoisotopic (exact) mass is 498 g/mol. The molecule has 2 aromatic rings. The number of aliphatic hydroxyl groups is 2. The Labute approximate surface area is 215 Å². The summed E-state index contributed by atoms with van der Waals surface area (Å²) in [5, 5.41) is 20.8. The van der Waals surface area contributed by atoms with Crippen molar-refractivity contribution in [1.82, 2.24) is 0 Å². The Hall–Kier alpha value is -2.70. The van der Waals surface area contributed by atoms with Gasteiger partial charge in [0.2, 0.25) is 0 Å². The van der Waals surface area contributed by atoms with E-state index in [1.165, 1.54) is 0 Å². The van der Waals surface area contributed by atoms with Crippen molar-refractivity contribution in [3.63, 3.8) is 0 Å². The lowest BCUT2D eigenvalue weighted by molar-refractivity contribution is -0.144. The molecular formula is C30H42O6. The topological polar surface area (TPSA) is 93.1 Å². The molecule has 2 rings (SSSR count). The van der Waals surface area contributed by atoms with Crippen LogP contribution < -0.4 is 9.47 Å². The van der Waals surface area contributed by atoms with E-state index < -0.39 is 17.6 Å². The molecule has 0 aliphatic rings. The Balaban J connectivity index is 1.62. The van der Waals surface area contributed by atoms with Crippen molar-refractivity contribution < 1.29 is 29.3 Å². The minimum absolute atomic E-state index is 0.274. The Kier molecular flexibility index (Phi) is 11.6. The molecule has 0 aliphatic heterocycles. The maximum atomic E-state index is 12.5. The molecule has 0 fully saturated rings. The molecule has 2 aromatic carbocycles. The molecule has 0 aromatic heterocycles. The molecule has 0 radical (unpaired) electrons. The molecule has 0 heterocycles. The van der Waals surface area contributed by atoms with Crippen LogP contribution in [0.3, 0.4) is 0 Å². The van der Waals surface area contributed by atoms with Gasteiger partial charge in [0, 0.05) is 0 Å². The minimum Gasteiger partial charge on any atom is -0.427 e. The number of hydrogen-bond donors (Lipinski definition) is 2. The third-order valence-corrected chi connectivity index (χ3v) is 6.44. The lowest BCUT2D eigenvalue weighted by atomic mass is 9.83. The molecule has 2 N–H and O–H groups in total. The zero-order chi connectivity index (χ0) is 26.6. The van der Waals surface area contributed by atoms with E-state index in [0.717, 1.165) is 0 Å². The molecule has 2 atom stereocenters. The van der Waals surface area contributed by atoms with Crippen molar-refractivity contribution in [2.75, 3.05) is 0 Å². The van der Waals surface area contributed by atoms with Crippen LogP contribution in [0.1, 0.15) is 79.1 Å². The van der Waals surface area contributed by atoms with Gasteiger partial charge in [0.05, 0.1) is 24.0 Å². The second-order valence-electron chi connectivity index (χ2n) is 11.0. The molecule has 0 bridgehead atoms. The first-order chi connectivity index (χ1) is 17.0. The highest BCUT2D eigenvalue weighted by molar-refractivity contribution is 5.78. The summed E-state index contributed by atoms with van der Waals surface area (Å²) in [4.78, 5) is 24.7. The number of rotatable bonds is 15. The van der Waals surface area contributed by atoms with Crippen molar-refractivity contribution in [3.8, 4) is 11.5 Å². The number of ether oxygens (including phenoxy) is 2. The van der Waals surface area contributed by atoms with E-state index in [2.05, 4.69) is 0 Å². The van der Waals surface area contributed by atoms with Gasteiger partial charge in [0.15, 0.2) is 0 Å². The number of esters is 2. The van der Waals surface area contributed by atoms with Gasteiger partial charge in [-0.3, -0.25) is 9.59 Å². The summed E-state index contributed by atoms with van der Waals surface area (Å²) in [6.07, 6.45) is 3.36. The fourth-order valence-corrected chi connectivity index (χ4v) is 3.93. The zero-order valence-electron chi connectivity index (χ0n) is 22.1. The molecule has 6 nitrogen and oxygen atoms in total. The quantitative estimate of drug-likeness (QED) is 0.228. The maximum Gasteiger partial charge on any atom is 0.316 e. The van der Waals surface area contributed by atoms with Crippen LogP contribution >= 0.6 is 0 Å². The van der Waals surface area contributed by atoms with Crippen LogP contribution in [0, 0.1) is 10.8 Å². The average molecular weight is 499 g/mol. The number of para-hydroxylation sites is 2. The van der Waals surface area contributed by atoms with E-state index >= 15 is 0 Å². The summed E-state index contributed by atoms with van der Waals surface area (Å²) in [5.74, 6) is 0.459. The third-order valence-electron chi connectivity index (χ3n) is 6.44.